The summed E-state index contributed by atoms with van der Waals surface area (Å²) in [5.41, 5.74) is 0.0913. The number of hydrogen-bond donors (Lipinski definition) is 3. The summed E-state index contributed by atoms with van der Waals surface area (Å²) in [4.78, 5) is 26.2. The Morgan fingerprint density at radius 2 is 2.10 bits per heavy atom. The molecule has 20 heavy (non-hydrogen) atoms. The maximum atomic E-state index is 12.0. The van der Waals surface area contributed by atoms with Gasteiger partial charge in [0, 0.05) is 23.9 Å². The van der Waals surface area contributed by atoms with Crippen LogP contribution in [-0.2, 0) is 0 Å². The number of aryl methyl sites for hydroxylation is 1. The molecule has 0 unspecified atom stereocenters. The Labute approximate surface area is 119 Å². The summed E-state index contributed by atoms with van der Waals surface area (Å²) < 4.78 is 0. The number of aromatic nitrogens is 1. The van der Waals surface area contributed by atoms with Gasteiger partial charge in [0.25, 0.3) is 5.91 Å². The third-order valence-corrected chi connectivity index (χ3v) is 3.03. The van der Waals surface area contributed by atoms with Crippen LogP contribution in [0.1, 0.15) is 56.2 Å². The molecule has 1 heterocycles. The van der Waals surface area contributed by atoms with Crippen LogP contribution in [0.4, 0.5) is 0 Å². The van der Waals surface area contributed by atoms with Crippen LogP contribution < -0.4 is 10.7 Å². The van der Waals surface area contributed by atoms with Gasteiger partial charge in [0.05, 0.1) is 5.60 Å². The fraction of sp³-hybridized carbons (Fsp3) is 0.600. The van der Waals surface area contributed by atoms with E-state index in [2.05, 4.69) is 10.3 Å². The van der Waals surface area contributed by atoms with E-state index in [0.29, 0.717) is 12.1 Å². The van der Waals surface area contributed by atoms with Crippen molar-refractivity contribution in [3.05, 3.63) is 33.7 Å². The van der Waals surface area contributed by atoms with Crippen molar-refractivity contribution in [2.75, 3.05) is 0 Å². The number of rotatable bonds is 6. The molecule has 0 saturated carbocycles. The van der Waals surface area contributed by atoms with E-state index in [1.165, 1.54) is 12.1 Å². The minimum Gasteiger partial charge on any atom is -0.390 e. The maximum absolute atomic E-state index is 12.0. The molecule has 0 saturated heterocycles. The number of amides is 1. The fourth-order valence-electron chi connectivity index (χ4n) is 2.02. The number of aromatic amines is 1. The van der Waals surface area contributed by atoms with Gasteiger partial charge in [0.2, 0.25) is 0 Å². The van der Waals surface area contributed by atoms with Crippen LogP contribution in [0.2, 0.25) is 0 Å². The molecule has 0 aromatic carbocycles. The van der Waals surface area contributed by atoms with E-state index in [4.69, 9.17) is 0 Å². The number of H-pyrrole nitrogens is 1. The first kappa shape index (κ1) is 16.4. The lowest BCUT2D eigenvalue weighted by molar-refractivity contribution is 0.0674. The molecule has 112 valence electrons. The van der Waals surface area contributed by atoms with Crippen LogP contribution in [0.3, 0.4) is 0 Å². The smallest absolute Gasteiger partial charge is 0.268 e. The van der Waals surface area contributed by atoms with Gasteiger partial charge in [-0.25, -0.2) is 0 Å². The van der Waals surface area contributed by atoms with E-state index in [9.17, 15) is 14.7 Å². The fourth-order valence-corrected chi connectivity index (χ4v) is 2.02. The highest BCUT2D eigenvalue weighted by Crippen LogP contribution is 2.13. The Morgan fingerprint density at radius 1 is 1.45 bits per heavy atom. The normalized spacial score (nSPS) is 13.1. The first-order valence-corrected chi connectivity index (χ1v) is 6.91. The molecule has 5 nitrogen and oxygen atoms in total. The van der Waals surface area contributed by atoms with Crippen LogP contribution in [0.15, 0.2) is 16.9 Å². The van der Waals surface area contributed by atoms with Crippen LogP contribution >= 0.6 is 0 Å². The monoisotopic (exact) mass is 280 g/mol. The Balaban J connectivity index is 2.51. The standard InChI is InChI=1S/C15H24N2O3/c1-10(6-5-7-15(3,4)20)17-14(19)13-9-12(18)8-11(2)16-13/h8-10,20H,5-7H2,1-4H3,(H,16,18)(H,17,19)/t10-/m1/s1. The van der Waals surface area contributed by atoms with Crippen LogP contribution in [0.5, 0.6) is 0 Å². The molecule has 1 rings (SSSR count). The molecule has 0 fully saturated rings. The van der Waals surface area contributed by atoms with Crippen LogP contribution in [-0.4, -0.2) is 27.6 Å². The lowest BCUT2D eigenvalue weighted by atomic mass is 10.00. The summed E-state index contributed by atoms with van der Waals surface area (Å²) in [5.74, 6) is -0.276. The molecule has 0 aliphatic heterocycles. The highest BCUT2D eigenvalue weighted by atomic mass is 16.3. The molecule has 0 spiro atoms. The molecule has 0 bridgehead atoms. The van der Waals surface area contributed by atoms with Crippen LogP contribution in [0, 0.1) is 6.92 Å². The highest BCUT2D eigenvalue weighted by Gasteiger charge is 2.14. The minimum atomic E-state index is -0.675. The van der Waals surface area contributed by atoms with Gasteiger partial charge in [-0.05, 0) is 47.0 Å². The van der Waals surface area contributed by atoms with Crippen molar-refractivity contribution >= 4 is 5.91 Å². The molecular weight excluding hydrogens is 256 g/mol. The molecule has 0 aliphatic rings. The average Bonchev–Trinajstić information content (AvgIpc) is 2.25. The molecule has 1 amide bonds. The predicted octanol–water partition coefficient (Wildman–Crippen LogP) is 1.74. The number of pyridine rings is 1. The van der Waals surface area contributed by atoms with Gasteiger partial charge in [-0.2, -0.15) is 0 Å². The lowest BCUT2D eigenvalue weighted by Crippen LogP contribution is -2.34. The van der Waals surface area contributed by atoms with Gasteiger partial charge in [-0.3, -0.25) is 9.59 Å². The second-order valence-electron chi connectivity index (χ2n) is 5.99. The van der Waals surface area contributed by atoms with Gasteiger partial charge in [0.1, 0.15) is 5.69 Å². The van der Waals surface area contributed by atoms with Gasteiger partial charge in [-0.1, -0.05) is 0 Å². The lowest BCUT2D eigenvalue weighted by Gasteiger charge is -2.19. The van der Waals surface area contributed by atoms with E-state index in [0.717, 1.165) is 12.8 Å². The Bertz CT molecular complexity index is 515. The Hall–Kier alpha value is -1.62. The molecule has 1 atom stereocenters. The number of hydrogen-bond acceptors (Lipinski definition) is 3. The van der Waals surface area contributed by atoms with Crippen molar-refractivity contribution in [1.82, 2.24) is 10.3 Å². The molecule has 0 radical (unpaired) electrons. The van der Waals surface area contributed by atoms with E-state index in [-0.39, 0.29) is 23.1 Å². The molecule has 1 aromatic heterocycles. The van der Waals surface area contributed by atoms with Crippen molar-refractivity contribution in [3.8, 4) is 0 Å². The first-order valence-electron chi connectivity index (χ1n) is 6.91. The van der Waals surface area contributed by atoms with E-state index in [1.807, 2.05) is 6.92 Å². The summed E-state index contributed by atoms with van der Waals surface area (Å²) >= 11 is 0. The summed E-state index contributed by atoms with van der Waals surface area (Å²) in [5, 5.41) is 12.5. The molecule has 0 aliphatic carbocycles. The average molecular weight is 280 g/mol. The summed E-state index contributed by atoms with van der Waals surface area (Å²) in [6.45, 7) is 7.20. The first-order chi connectivity index (χ1) is 9.17. The zero-order valence-electron chi connectivity index (χ0n) is 12.6. The zero-order valence-corrected chi connectivity index (χ0v) is 12.6. The molecule has 5 heteroatoms. The second kappa shape index (κ2) is 6.70. The van der Waals surface area contributed by atoms with Gasteiger partial charge in [0.15, 0.2) is 5.43 Å². The van der Waals surface area contributed by atoms with E-state index in [1.54, 1.807) is 20.8 Å². The molecular formula is C15H24N2O3. The number of carbonyl (C=O) groups is 1. The van der Waals surface area contributed by atoms with Gasteiger partial charge < -0.3 is 15.4 Å². The zero-order chi connectivity index (χ0) is 15.3. The SMILES string of the molecule is Cc1cc(=O)cc(C(=O)N[C@H](C)CCCC(C)(C)O)[nH]1. The third-order valence-electron chi connectivity index (χ3n) is 3.03. The topological polar surface area (TPSA) is 82.2 Å². The molecule has 3 N–H and O–H groups in total. The van der Waals surface area contributed by atoms with Crippen LogP contribution in [0.25, 0.3) is 0 Å². The minimum absolute atomic E-state index is 0.00568. The van der Waals surface area contributed by atoms with Crippen molar-refractivity contribution in [3.63, 3.8) is 0 Å². The van der Waals surface area contributed by atoms with Gasteiger partial charge in [-0.15, -0.1) is 0 Å². The largest absolute Gasteiger partial charge is 0.390 e. The molecule has 1 aromatic rings. The quantitative estimate of drug-likeness (QED) is 0.742. The summed E-state index contributed by atoms with van der Waals surface area (Å²) in [6, 6.07) is 2.74. The second-order valence-corrected chi connectivity index (χ2v) is 5.99. The Morgan fingerprint density at radius 3 is 2.65 bits per heavy atom. The van der Waals surface area contributed by atoms with Gasteiger partial charge >= 0.3 is 0 Å². The van der Waals surface area contributed by atoms with Crippen molar-refractivity contribution in [1.29, 1.82) is 0 Å². The maximum Gasteiger partial charge on any atom is 0.268 e. The Kier molecular flexibility index (Phi) is 5.51. The predicted molar refractivity (Wildman–Crippen MR) is 78.9 cm³/mol. The van der Waals surface area contributed by atoms with E-state index >= 15 is 0 Å². The number of aliphatic hydroxyl groups is 1. The van der Waals surface area contributed by atoms with Crippen molar-refractivity contribution in [2.24, 2.45) is 0 Å². The third kappa shape index (κ3) is 6.02. The highest BCUT2D eigenvalue weighted by molar-refractivity contribution is 5.92. The van der Waals surface area contributed by atoms with Crippen molar-refractivity contribution < 1.29 is 9.90 Å². The number of nitrogens with one attached hydrogen (secondary N) is 2. The summed E-state index contributed by atoms with van der Waals surface area (Å²) in [7, 11) is 0. The number of carbonyl (C=O) groups excluding carboxylic acids is 1. The van der Waals surface area contributed by atoms with E-state index < -0.39 is 5.60 Å². The van der Waals surface area contributed by atoms with Crippen molar-refractivity contribution in [2.45, 2.75) is 58.6 Å². The summed E-state index contributed by atoms with van der Waals surface area (Å²) in [6.07, 6.45) is 2.30.